The van der Waals surface area contributed by atoms with E-state index in [0.717, 1.165) is 33.6 Å². The largest absolute Gasteiger partial charge is 0.493 e. The minimum absolute atomic E-state index is 0.00764. The molecule has 1 aliphatic heterocycles. The van der Waals surface area contributed by atoms with Gasteiger partial charge in [0.25, 0.3) is 5.91 Å². The lowest BCUT2D eigenvalue weighted by Gasteiger charge is -2.30. The minimum atomic E-state index is -3.88. The maximum absolute atomic E-state index is 13.2. The smallest absolute Gasteiger partial charge is 0.255 e. The first-order valence-electron chi connectivity index (χ1n) is 15.4. The molecule has 0 saturated heterocycles. The Bertz CT molecular complexity index is 1760. The lowest BCUT2D eigenvalue weighted by molar-refractivity contribution is -0.116. The van der Waals surface area contributed by atoms with Crippen molar-refractivity contribution in [3.05, 3.63) is 80.8 Å². The van der Waals surface area contributed by atoms with Crippen LogP contribution in [-0.2, 0) is 25.6 Å². The fourth-order valence-corrected chi connectivity index (χ4v) is 7.19. The number of nitrogens with one attached hydrogen (secondary N) is 1. The molecule has 47 heavy (non-hydrogen) atoms. The van der Waals surface area contributed by atoms with Crippen molar-refractivity contribution < 1.29 is 17.9 Å². The third-order valence-corrected chi connectivity index (χ3v) is 11.3. The van der Waals surface area contributed by atoms with E-state index in [0.29, 0.717) is 23.7 Å². The summed E-state index contributed by atoms with van der Waals surface area (Å²) in [7, 11) is -3.88. The van der Waals surface area contributed by atoms with E-state index in [1.54, 1.807) is 12.1 Å². The zero-order valence-electron chi connectivity index (χ0n) is 27.3. The van der Waals surface area contributed by atoms with Gasteiger partial charge < -0.3 is 4.74 Å². The number of hydrazone groups is 1. The third kappa shape index (κ3) is 8.56. The van der Waals surface area contributed by atoms with Crippen molar-refractivity contribution in [2.45, 2.75) is 83.0 Å². The zero-order chi connectivity index (χ0) is 34.7. The molecule has 1 N–H and O–H groups in total. The van der Waals surface area contributed by atoms with Gasteiger partial charge in [0.1, 0.15) is 11.4 Å². The molecule has 0 unspecified atom stereocenters. The SMILES string of the molecule is CCC(C)(C)c1ccc(OCCCNS(=O)(=O)c2cccc(N(Cl)C3=NN(c4c(Cl)cc(Cl)cc4Cl)C(=O)C3)c2)c(C(C)(C)CC)c1. The topological polar surface area (TPSA) is 91.3 Å². The molecule has 4 rings (SSSR count). The number of hydrogen-bond donors (Lipinski definition) is 1. The van der Waals surface area contributed by atoms with Gasteiger partial charge in [-0.05, 0) is 72.1 Å². The van der Waals surface area contributed by atoms with Gasteiger partial charge in [-0.3, -0.25) is 4.79 Å². The van der Waals surface area contributed by atoms with E-state index < -0.39 is 15.9 Å². The molecule has 0 fully saturated rings. The van der Waals surface area contributed by atoms with E-state index in [2.05, 4.69) is 63.5 Å². The van der Waals surface area contributed by atoms with Crippen molar-refractivity contribution in [3.8, 4) is 5.75 Å². The number of hydrogen-bond acceptors (Lipinski definition) is 6. The van der Waals surface area contributed by atoms with Gasteiger partial charge in [0, 0.05) is 28.9 Å². The summed E-state index contributed by atoms with van der Waals surface area (Å²) in [4.78, 5) is 12.8. The number of benzene rings is 3. The molecule has 0 bridgehead atoms. The molecule has 8 nitrogen and oxygen atoms in total. The number of amides is 1. The molecule has 254 valence electrons. The Morgan fingerprint density at radius 1 is 0.957 bits per heavy atom. The van der Waals surface area contributed by atoms with Gasteiger partial charge in [-0.15, -0.1) is 5.10 Å². The maximum atomic E-state index is 13.2. The minimum Gasteiger partial charge on any atom is -0.493 e. The Hall–Kier alpha value is -2.53. The summed E-state index contributed by atoms with van der Waals surface area (Å²) in [5.74, 6) is 0.559. The van der Waals surface area contributed by atoms with Crippen LogP contribution >= 0.6 is 46.6 Å². The number of carbonyl (C=O) groups excluding carboxylic acids is 1. The molecule has 1 amide bonds. The number of amidine groups is 1. The Morgan fingerprint density at radius 3 is 2.26 bits per heavy atom. The van der Waals surface area contributed by atoms with E-state index in [4.69, 9.17) is 51.3 Å². The van der Waals surface area contributed by atoms with Crippen molar-refractivity contribution in [2.24, 2.45) is 5.10 Å². The van der Waals surface area contributed by atoms with Gasteiger partial charge in [-0.25, -0.2) is 17.6 Å². The zero-order valence-corrected chi connectivity index (χ0v) is 31.2. The number of anilines is 2. The molecular weight excluding hydrogens is 702 g/mol. The first-order valence-corrected chi connectivity index (χ1v) is 18.3. The predicted molar refractivity (Wildman–Crippen MR) is 194 cm³/mol. The summed E-state index contributed by atoms with van der Waals surface area (Å²) >= 11 is 25.1. The van der Waals surface area contributed by atoms with Crippen LogP contribution in [0.2, 0.25) is 15.1 Å². The molecule has 0 radical (unpaired) electrons. The average molecular weight is 743 g/mol. The van der Waals surface area contributed by atoms with Crippen LogP contribution < -0.4 is 18.9 Å². The number of ether oxygens (including phenoxy) is 1. The Labute approximate surface area is 298 Å². The first-order chi connectivity index (χ1) is 22.0. The molecule has 0 aromatic heterocycles. The van der Waals surface area contributed by atoms with E-state index >= 15 is 0 Å². The second-order valence-corrected chi connectivity index (χ2v) is 16.0. The monoisotopic (exact) mass is 740 g/mol. The van der Waals surface area contributed by atoms with Crippen LogP contribution in [-0.4, -0.2) is 33.3 Å². The molecule has 1 heterocycles. The molecule has 1 aliphatic rings. The van der Waals surface area contributed by atoms with E-state index in [1.807, 2.05) is 6.07 Å². The molecule has 13 heteroatoms. The van der Waals surface area contributed by atoms with Gasteiger partial charge in [-0.1, -0.05) is 94.5 Å². The molecule has 3 aromatic rings. The summed E-state index contributed by atoms with van der Waals surface area (Å²) in [5.41, 5.74) is 2.88. The molecule has 0 atom stereocenters. The lowest BCUT2D eigenvalue weighted by atomic mass is 9.76. The molecular formula is C34H40Cl4N4O4S. The van der Waals surface area contributed by atoms with Crippen LogP contribution in [0.5, 0.6) is 5.75 Å². The van der Waals surface area contributed by atoms with Crippen LogP contribution in [0, 0.1) is 0 Å². The third-order valence-electron chi connectivity index (χ3n) is 8.66. The first kappa shape index (κ1) is 37.3. The van der Waals surface area contributed by atoms with Crippen molar-refractivity contribution >= 4 is 79.7 Å². The van der Waals surface area contributed by atoms with Crippen molar-refractivity contribution in [1.82, 2.24) is 4.72 Å². The number of rotatable bonds is 13. The molecule has 0 spiro atoms. The highest BCUT2D eigenvalue weighted by atomic mass is 35.5. The highest BCUT2D eigenvalue weighted by Gasteiger charge is 2.32. The number of sulfonamides is 1. The highest BCUT2D eigenvalue weighted by Crippen LogP contribution is 2.40. The summed E-state index contributed by atoms with van der Waals surface area (Å²) in [5, 5.41) is 5.96. The molecule has 0 saturated carbocycles. The fourth-order valence-electron chi connectivity index (χ4n) is 4.90. The average Bonchev–Trinajstić information content (AvgIpc) is 3.40. The van der Waals surface area contributed by atoms with E-state index in [-0.39, 0.29) is 50.3 Å². The number of carbonyl (C=O) groups is 1. The Kier molecular flexibility index (Phi) is 11.8. The van der Waals surface area contributed by atoms with E-state index in [9.17, 15) is 13.2 Å². The summed E-state index contributed by atoms with van der Waals surface area (Å²) in [6.07, 6.45) is 2.27. The van der Waals surface area contributed by atoms with Crippen LogP contribution in [0.1, 0.15) is 78.4 Å². The van der Waals surface area contributed by atoms with Crippen LogP contribution in [0.15, 0.2) is 64.6 Å². The predicted octanol–water partition coefficient (Wildman–Crippen LogP) is 9.48. The summed E-state index contributed by atoms with van der Waals surface area (Å²) < 4.78 is 36.4. The van der Waals surface area contributed by atoms with Crippen LogP contribution in [0.3, 0.4) is 0 Å². The van der Waals surface area contributed by atoms with Crippen molar-refractivity contribution in [2.75, 3.05) is 22.6 Å². The summed E-state index contributed by atoms with van der Waals surface area (Å²) in [6.45, 7) is 13.8. The highest BCUT2D eigenvalue weighted by molar-refractivity contribution is 7.89. The van der Waals surface area contributed by atoms with Gasteiger partial charge >= 0.3 is 0 Å². The second-order valence-electron chi connectivity index (χ2n) is 12.7. The van der Waals surface area contributed by atoms with Crippen LogP contribution in [0.4, 0.5) is 11.4 Å². The van der Waals surface area contributed by atoms with Gasteiger partial charge in [0.05, 0.1) is 33.7 Å². The van der Waals surface area contributed by atoms with Gasteiger partial charge in [-0.2, -0.15) is 5.01 Å². The fraction of sp³-hybridized carbons (Fsp3) is 0.412. The normalized spacial score (nSPS) is 14.0. The van der Waals surface area contributed by atoms with E-state index in [1.165, 1.54) is 29.8 Å². The number of nitrogens with zero attached hydrogens (tertiary/aromatic N) is 3. The van der Waals surface area contributed by atoms with Gasteiger partial charge in [0.15, 0.2) is 5.84 Å². The quantitative estimate of drug-likeness (QED) is 0.139. The second kappa shape index (κ2) is 14.9. The Morgan fingerprint density at radius 2 is 1.62 bits per heavy atom. The van der Waals surface area contributed by atoms with Gasteiger partial charge in [0.2, 0.25) is 10.0 Å². The standard InChI is InChI=1S/C34H40Cl4N4O4S/c1-7-33(3,4)22-13-14-29(26(17-22)34(5,6)8-2)46-16-10-15-39-47(44,45)25-12-9-11-24(20-25)41(38)30-21-31(43)42(40-30)32-27(36)18-23(35)19-28(32)37/h9,11-14,17-20,39H,7-8,10,15-16,21H2,1-6H3. The number of halogens is 4. The van der Waals surface area contributed by atoms with Crippen molar-refractivity contribution in [1.29, 1.82) is 0 Å². The lowest BCUT2D eigenvalue weighted by Crippen LogP contribution is -2.26. The molecule has 0 aliphatic carbocycles. The summed E-state index contributed by atoms with van der Waals surface area (Å²) in [6, 6.07) is 15.4. The maximum Gasteiger partial charge on any atom is 0.255 e. The van der Waals surface area contributed by atoms with Crippen molar-refractivity contribution in [3.63, 3.8) is 0 Å². The van der Waals surface area contributed by atoms with Crippen LogP contribution in [0.25, 0.3) is 0 Å². The molecule has 3 aromatic carbocycles. The Balaban J connectivity index is 1.41.